The van der Waals surface area contributed by atoms with E-state index in [2.05, 4.69) is 31.0 Å². The van der Waals surface area contributed by atoms with Crippen molar-refractivity contribution in [1.29, 1.82) is 0 Å². The predicted molar refractivity (Wildman–Crippen MR) is 75.8 cm³/mol. The van der Waals surface area contributed by atoms with Gasteiger partial charge in [0.2, 0.25) is 0 Å². The Morgan fingerprint density at radius 1 is 1.33 bits per heavy atom. The van der Waals surface area contributed by atoms with Crippen molar-refractivity contribution in [2.75, 3.05) is 32.8 Å². The zero-order valence-electron chi connectivity index (χ0n) is 12.3. The Labute approximate surface area is 112 Å². The average molecular weight is 254 g/mol. The number of hydrogen-bond acceptors (Lipinski definition) is 3. The fraction of sp³-hybridized carbons (Fsp3) is 1.00. The van der Waals surface area contributed by atoms with Gasteiger partial charge in [0.25, 0.3) is 0 Å². The van der Waals surface area contributed by atoms with Gasteiger partial charge < -0.3 is 10.1 Å². The Kier molecular flexibility index (Phi) is 5.46. The summed E-state index contributed by atoms with van der Waals surface area (Å²) >= 11 is 0. The summed E-state index contributed by atoms with van der Waals surface area (Å²) in [6.07, 6.45) is 4.29. The smallest absolute Gasteiger partial charge is 0.0561 e. The van der Waals surface area contributed by atoms with E-state index < -0.39 is 0 Å². The molecule has 3 heteroatoms. The van der Waals surface area contributed by atoms with Gasteiger partial charge in [0.15, 0.2) is 0 Å². The van der Waals surface area contributed by atoms with E-state index in [-0.39, 0.29) is 0 Å². The molecule has 2 heterocycles. The van der Waals surface area contributed by atoms with E-state index in [1.165, 1.54) is 38.9 Å². The Balaban J connectivity index is 1.67. The highest BCUT2D eigenvalue weighted by Gasteiger charge is 2.30. The molecule has 18 heavy (non-hydrogen) atoms. The van der Waals surface area contributed by atoms with Crippen LogP contribution < -0.4 is 5.32 Å². The molecule has 2 aliphatic heterocycles. The van der Waals surface area contributed by atoms with Gasteiger partial charge >= 0.3 is 0 Å². The molecular weight excluding hydrogens is 224 g/mol. The van der Waals surface area contributed by atoms with Crippen LogP contribution in [0.5, 0.6) is 0 Å². The lowest BCUT2D eigenvalue weighted by atomic mass is 10.0. The fourth-order valence-electron chi connectivity index (χ4n) is 3.24. The van der Waals surface area contributed by atoms with E-state index in [1.807, 2.05) is 0 Å². The molecule has 2 fully saturated rings. The van der Waals surface area contributed by atoms with E-state index in [1.54, 1.807) is 0 Å². The second kappa shape index (κ2) is 6.88. The first kappa shape index (κ1) is 14.3. The molecule has 0 aliphatic carbocycles. The molecule has 1 N–H and O–H groups in total. The summed E-state index contributed by atoms with van der Waals surface area (Å²) < 4.78 is 5.65. The van der Waals surface area contributed by atoms with Gasteiger partial charge in [0.05, 0.1) is 6.10 Å². The van der Waals surface area contributed by atoms with Crippen molar-refractivity contribution >= 4 is 0 Å². The number of nitrogens with one attached hydrogen (secondary N) is 1. The van der Waals surface area contributed by atoms with Crippen molar-refractivity contribution in [3.05, 3.63) is 0 Å². The van der Waals surface area contributed by atoms with E-state index in [0.29, 0.717) is 6.10 Å². The summed E-state index contributed by atoms with van der Waals surface area (Å²) in [6, 6.07) is 0.781. The fourth-order valence-corrected chi connectivity index (χ4v) is 3.24. The standard InChI is InChI=1S/C15H30N2O/c1-12(2)9-16-10-14-4-6-17(11-14)15-5-7-18-13(3)8-15/h12-16H,4-11H2,1-3H3. The highest BCUT2D eigenvalue weighted by atomic mass is 16.5. The Bertz CT molecular complexity index is 245. The van der Waals surface area contributed by atoms with Crippen molar-refractivity contribution < 1.29 is 4.74 Å². The van der Waals surface area contributed by atoms with Gasteiger partial charge in [-0.15, -0.1) is 0 Å². The molecule has 0 aromatic rings. The maximum Gasteiger partial charge on any atom is 0.0561 e. The number of nitrogens with zero attached hydrogens (tertiary/aromatic N) is 1. The Morgan fingerprint density at radius 2 is 2.17 bits per heavy atom. The molecule has 0 aromatic carbocycles. The molecule has 0 aromatic heterocycles. The first-order valence-corrected chi connectivity index (χ1v) is 7.71. The Hall–Kier alpha value is -0.120. The highest BCUT2D eigenvalue weighted by Crippen LogP contribution is 2.25. The van der Waals surface area contributed by atoms with E-state index >= 15 is 0 Å². The third kappa shape index (κ3) is 4.22. The van der Waals surface area contributed by atoms with E-state index in [4.69, 9.17) is 4.74 Å². The van der Waals surface area contributed by atoms with Crippen LogP contribution in [0.3, 0.4) is 0 Å². The van der Waals surface area contributed by atoms with Crippen molar-refractivity contribution in [3.8, 4) is 0 Å². The molecule has 0 spiro atoms. The van der Waals surface area contributed by atoms with Crippen LogP contribution in [0.25, 0.3) is 0 Å². The lowest BCUT2D eigenvalue weighted by molar-refractivity contribution is -0.0129. The lowest BCUT2D eigenvalue weighted by Crippen LogP contribution is -2.41. The molecule has 106 valence electrons. The maximum atomic E-state index is 5.65. The molecule has 3 atom stereocenters. The minimum Gasteiger partial charge on any atom is -0.378 e. The third-order valence-electron chi connectivity index (χ3n) is 4.28. The lowest BCUT2D eigenvalue weighted by Gasteiger charge is -2.34. The van der Waals surface area contributed by atoms with Crippen LogP contribution in [-0.2, 0) is 4.74 Å². The van der Waals surface area contributed by atoms with Gasteiger partial charge in [0, 0.05) is 19.2 Å². The number of rotatable bonds is 5. The van der Waals surface area contributed by atoms with Gasteiger partial charge in [0.1, 0.15) is 0 Å². The number of likely N-dealkylation sites (tertiary alicyclic amines) is 1. The van der Waals surface area contributed by atoms with Gasteiger partial charge in [-0.05, 0) is 57.7 Å². The molecule has 3 nitrogen and oxygen atoms in total. The van der Waals surface area contributed by atoms with Crippen molar-refractivity contribution in [3.63, 3.8) is 0 Å². The van der Waals surface area contributed by atoms with Crippen LogP contribution in [0.1, 0.15) is 40.0 Å². The minimum absolute atomic E-state index is 0.460. The summed E-state index contributed by atoms with van der Waals surface area (Å²) in [4.78, 5) is 2.71. The zero-order valence-corrected chi connectivity index (χ0v) is 12.3. The molecule has 2 rings (SSSR count). The molecule has 0 bridgehead atoms. The van der Waals surface area contributed by atoms with Crippen LogP contribution in [0.2, 0.25) is 0 Å². The summed E-state index contributed by atoms with van der Waals surface area (Å²) in [5.41, 5.74) is 0. The van der Waals surface area contributed by atoms with E-state index in [9.17, 15) is 0 Å². The summed E-state index contributed by atoms with van der Waals surface area (Å²) in [5.74, 6) is 1.63. The van der Waals surface area contributed by atoms with Gasteiger partial charge in [-0.25, -0.2) is 0 Å². The SMILES string of the molecule is CC(C)CNCC1CCN(C2CCOC(C)C2)C1. The quantitative estimate of drug-likeness (QED) is 0.813. The number of ether oxygens (including phenoxy) is 1. The molecule has 3 unspecified atom stereocenters. The van der Waals surface area contributed by atoms with Crippen LogP contribution >= 0.6 is 0 Å². The highest BCUT2D eigenvalue weighted by molar-refractivity contribution is 4.85. The largest absolute Gasteiger partial charge is 0.378 e. The predicted octanol–water partition coefficient (Wildman–Crippen LogP) is 2.12. The number of hydrogen-bond donors (Lipinski definition) is 1. The summed E-state index contributed by atoms with van der Waals surface area (Å²) in [5, 5.41) is 3.61. The molecule has 0 amide bonds. The van der Waals surface area contributed by atoms with Gasteiger partial charge in [-0.1, -0.05) is 13.8 Å². The second-order valence-corrected chi connectivity index (χ2v) is 6.56. The maximum absolute atomic E-state index is 5.65. The second-order valence-electron chi connectivity index (χ2n) is 6.56. The molecule has 2 saturated heterocycles. The van der Waals surface area contributed by atoms with Crippen LogP contribution in [0.15, 0.2) is 0 Å². The first-order chi connectivity index (χ1) is 8.65. The monoisotopic (exact) mass is 254 g/mol. The third-order valence-corrected chi connectivity index (χ3v) is 4.28. The topological polar surface area (TPSA) is 24.5 Å². The molecular formula is C15H30N2O. The summed E-state index contributed by atoms with van der Waals surface area (Å²) in [6.45, 7) is 12.7. The molecule has 0 saturated carbocycles. The molecule has 2 aliphatic rings. The molecule has 0 radical (unpaired) electrons. The Morgan fingerprint density at radius 3 is 2.89 bits per heavy atom. The van der Waals surface area contributed by atoms with Crippen LogP contribution in [0.4, 0.5) is 0 Å². The van der Waals surface area contributed by atoms with Gasteiger partial charge in [-0.3, -0.25) is 4.90 Å². The first-order valence-electron chi connectivity index (χ1n) is 7.71. The van der Waals surface area contributed by atoms with Gasteiger partial charge in [-0.2, -0.15) is 0 Å². The van der Waals surface area contributed by atoms with Crippen molar-refractivity contribution in [1.82, 2.24) is 10.2 Å². The minimum atomic E-state index is 0.460. The van der Waals surface area contributed by atoms with Crippen LogP contribution in [0, 0.1) is 11.8 Å². The zero-order chi connectivity index (χ0) is 13.0. The van der Waals surface area contributed by atoms with Crippen LogP contribution in [-0.4, -0.2) is 49.8 Å². The van der Waals surface area contributed by atoms with E-state index in [0.717, 1.165) is 31.0 Å². The summed E-state index contributed by atoms with van der Waals surface area (Å²) in [7, 11) is 0. The van der Waals surface area contributed by atoms with Crippen molar-refractivity contribution in [2.24, 2.45) is 11.8 Å². The average Bonchev–Trinajstić information content (AvgIpc) is 2.77. The normalized spacial score (nSPS) is 34.3. The van der Waals surface area contributed by atoms with Crippen molar-refractivity contribution in [2.45, 2.75) is 52.2 Å².